The van der Waals surface area contributed by atoms with Gasteiger partial charge in [0.15, 0.2) is 0 Å². The zero-order chi connectivity index (χ0) is 12.7. The molecule has 0 bridgehead atoms. The van der Waals surface area contributed by atoms with E-state index in [1.165, 1.54) is 0 Å². The van der Waals surface area contributed by atoms with Gasteiger partial charge >= 0.3 is 5.97 Å². The van der Waals surface area contributed by atoms with Crippen LogP contribution in [0.4, 0.5) is 5.82 Å². The van der Waals surface area contributed by atoms with E-state index < -0.39 is 0 Å². The topological polar surface area (TPSA) is 54.5 Å². The number of esters is 1. The minimum Gasteiger partial charge on any atom is -0.462 e. The van der Waals surface area contributed by atoms with Crippen LogP contribution in [0.5, 0.6) is 0 Å². The summed E-state index contributed by atoms with van der Waals surface area (Å²) in [6.45, 7) is 3.76. The number of carbonyl (C=O) groups excluding carboxylic acids is 1. The summed E-state index contributed by atoms with van der Waals surface area (Å²) in [4.78, 5) is 17.9. The average molecular weight is 237 g/mol. The van der Waals surface area contributed by atoms with Gasteiger partial charge in [-0.15, -0.1) is 0 Å². The zero-order valence-corrected chi connectivity index (χ0v) is 10.6. The molecule has 0 aliphatic heterocycles. The quantitative estimate of drug-likeness (QED) is 0.754. The minimum absolute atomic E-state index is 0.340. The molecule has 1 N–H and O–H groups in total. The molecule has 0 fully saturated rings. The fourth-order valence-corrected chi connectivity index (χ4v) is 1.32. The van der Waals surface area contributed by atoms with Crippen molar-refractivity contribution < 1.29 is 9.53 Å². The zero-order valence-electron chi connectivity index (χ0n) is 10.6. The third-order valence-electron chi connectivity index (χ3n) is 2.15. The number of likely N-dealkylation sites (N-methyl/N-ethyl adjacent to an activating group) is 1. The van der Waals surface area contributed by atoms with E-state index in [1.54, 1.807) is 25.3 Å². The van der Waals surface area contributed by atoms with E-state index in [9.17, 15) is 4.79 Å². The van der Waals surface area contributed by atoms with E-state index in [0.717, 1.165) is 13.1 Å². The molecule has 1 aromatic rings. The summed E-state index contributed by atoms with van der Waals surface area (Å²) in [6.07, 6.45) is 1.65. The minimum atomic E-state index is -0.340. The molecule has 0 radical (unpaired) electrons. The number of anilines is 1. The molecular formula is C12H19N3O2. The highest BCUT2D eigenvalue weighted by atomic mass is 16.5. The smallest absolute Gasteiger partial charge is 0.341 e. The number of aromatic nitrogens is 1. The number of nitrogens with one attached hydrogen (secondary N) is 1. The molecule has 17 heavy (non-hydrogen) atoms. The van der Waals surface area contributed by atoms with Gasteiger partial charge in [-0.3, -0.25) is 0 Å². The lowest BCUT2D eigenvalue weighted by atomic mass is 10.2. The van der Waals surface area contributed by atoms with Crippen molar-refractivity contribution in [3.05, 3.63) is 23.9 Å². The molecule has 5 nitrogen and oxygen atoms in total. The van der Waals surface area contributed by atoms with Gasteiger partial charge in [-0.2, -0.15) is 0 Å². The van der Waals surface area contributed by atoms with Crippen molar-refractivity contribution in [2.24, 2.45) is 0 Å². The molecule has 5 heteroatoms. The first-order chi connectivity index (χ1) is 8.15. The Bertz CT molecular complexity index is 367. The van der Waals surface area contributed by atoms with Gasteiger partial charge in [-0.1, -0.05) is 0 Å². The lowest BCUT2D eigenvalue weighted by molar-refractivity contribution is 0.0527. The van der Waals surface area contributed by atoms with Crippen LogP contribution in [0.1, 0.15) is 17.3 Å². The summed E-state index contributed by atoms with van der Waals surface area (Å²) in [5.41, 5.74) is 0.480. The molecule has 0 atom stereocenters. The Kier molecular flexibility index (Phi) is 5.42. The summed E-state index contributed by atoms with van der Waals surface area (Å²) in [6, 6.07) is 3.44. The Morgan fingerprint density at radius 3 is 2.94 bits per heavy atom. The Hall–Kier alpha value is -1.62. The first-order valence-corrected chi connectivity index (χ1v) is 5.66. The van der Waals surface area contributed by atoms with Gasteiger partial charge in [0.05, 0.1) is 6.61 Å². The van der Waals surface area contributed by atoms with Crippen molar-refractivity contribution >= 4 is 11.8 Å². The van der Waals surface area contributed by atoms with E-state index in [1.807, 2.05) is 14.1 Å². The summed E-state index contributed by atoms with van der Waals surface area (Å²) >= 11 is 0. The van der Waals surface area contributed by atoms with Gasteiger partial charge in [0, 0.05) is 19.3 Å². The van der Waals surface area contributed by atoms with Crippen LogP contribution in [-0.2, 0) is 4.74 Å². The van der Waals surface area contributed by atoms with Crippen LogP contribution in [0.3, 0.4) is 0 Å². The van der Waals surface area contributed by atoms with Crippen molar-refractivity contribution in [1.29, 1.82) is 0 Å². The third kappa shape index (κ3) is 4.40. The fourth-order valence-electron chi connectivity index (χ4n) is 1.32. The summed E-state index contributed by atoms with van der Waals surface area (Å²) in [5.74, 6) is 0.237. The normalized spacial score (nSPS) is 10.4. The second kappa shape index (κ2) is 6.85. The van der Waals surface area contributed by atoms with Gasteiger partial charge in [0.2, 0.25) is 0 Å². The van der Waals surface area contributed by atoms with Crippen LogP contribution in [0.15, 0.2) is 18.3 Å². The Labute approximate surface area is 102 Å². The molecule has 0 amide bonds. The maximum absolute atomic E-state index is 11.6. The van der Waals surface area contributed by atoms with Crippen LogP contribution in [0.2, 0.25) is 0 Å². The van der Waals surface area contributed by atoms with Crippen molar-refractivity contribution in [1.82, 2.24) is 9.88 Å². The van der Waals surface area contributed by atoms with Crippen molar-refractivity contribution in [3.8, 4) is 0 Å². The SMILES string of the molecule is CCOC(=O)c1cccnc1NCCN(C)C. The molecule has 0 aliphatic rings. The first-order valence-electron chi connectivity index (χ1n) is 5.66. The number of ether oxygens (including phenoxy) is 1. The monoisotopic (exact) mass is 237 g/mol. The highest BCUT2D eigenvalue weighted by Gasteiger charge is 2.12. The summed E-state index contributed by atoms with van der Waals surface area (Å²) < 4.78 is 4.97. The van der Waals surface area contributed by atoms with Gasteiger partial charge in [0.25, 0.3) is 0 Å². The number of rotatable bonds is 6. The second-order valence-electron chi connectivity index (χ2n) is 3.85. The fraction of sp³-hybridized carbons (Fsp3) is 0.500. The number of hydrogen-bond donors (Lipinski definition) is 1. The van der Waals surface area contributed by atoms with Gasteiger partial charge < -0.3 is 15.0 Å². The summed E-state index contributed by atoms with van der Waals surface area (Å²) in [7, 11) is 3.98. The molecule has 1 rings (SSSR count). The lowest BCUT2D eigenvalue weighted by Crippen LogP contribution is -2.22. The van der Waals surface area contributed by atoms with Crippen LogP contribution in [-0.4, -0.2) is 49.6 Å². The molecule has 94 valence electrons. The van der Waals surface area contributed by atoms with Gasteiger partial charge in [-0.05, 0) is 33.2 Å². The van der Waals surface area contributed by atoms with Crippen LogP contribution < -0.4 is 5.32 Å². The number of nitrogens with zero attached hydrogens (tertiary/aromatic N) is 2. The average Bonchev–Trinajstić information content (AvgIpc) is 2.29. The molecular weight excluding hydrogens is 218 g/mol. The maximum atomic E-state index is 11.6. The van der Waals surface area contributed by atoms with Crippen LogP contribution in [0.25, 0.3) is 0 Å². The highest BCUT2D eigenvalue weighted by molar-refractivity contribution is 5.94. The van der Waals surface area contributed by atoms with E-state index in [2.05, 4.69) is 15.2 Å². The second-order valence-corrected chi connectivity index (χ2v) is 3.85. The molecule has 0 saturated heterocycles. The standard InChI is InChI=1S/C12H19N3O2/c1-4-17-12(16)10-6-5-7-13-11(10)14-8-9-15(2)3/h5-7H,4,8-9H2,1-3H3,(H,13,14). The number of hydrogen-bond acceptors (Lipinski definition) is 5. The van der Waals surface area contributed by atoms with E-state index >= 15 is 0 Å². The first kappa shape index (κ1) is 13.4. The molecule has 0 aliphatic carbocycles. The number of pyridine rings is 1. The van der Waals surface area contributed by atoms with Crippen molar-refractivity contribution in [2.75, 3.05) is 39.1 Å². The largest absolute Gasteiger partial charge is 0.462 e. The molecule has 1 aromatic heterocycles. The summed E-state index contributed by atoms with van der Waals surface area (Å²) in [5, 5.41) is 3.13. The maximum Gasteiger partial charge on any atom is 0.341 e. The van der Waals surface area contributed by atoms with E-state index in [4.69, 9.17) is 4.74 Å². The van der Waals surface area contributed by atoms with Gasteiger partial charge in [-0.25, -0.2) is 9.78 Å². The van der Waals surface area contributed by atoms with Crippen LogP contribution in [0, 0.1) is 0 Å². The van der Waals surface area contributed by atoms with Gasteiger partial charge in [0.1, 0.15) is 11.4 Å². The molecule has 0 aromatic carbocycles. The molecule has 0 saturated carbocycles. The Balaban J connectivity index is 2.67. The van der Waals surface area contributed by atoms with Crippen molar-refractivity contribution in [2.45, 2.75) is 6.92 Å². The Morgan fingerprint density at radius 1 is 1.53 bits per heavy atom. The molecule has 0 spiro atoms. The molecule has 1 heterocycles. The van der Waals surface area contributed by atoms with Crippen LogP contribution >= 0.6 is 0 Å². The Morgan fingerprint density at radius 2 is 2.29 bits per heavy atom. The van der Waals surface area contributed by atoms with E-state index in [-0.39, 0.29) is 5.97 Å². The predicted molar refractivity (Wildman–Crippen MR) is 67.2 cm³/mol. The predicted octanol–water partition coefficient (Wildman–Crippen LogP) is 1.23. The molecule has 0 unspecified atom stereocenters. The third-order valence-corrected chi connectivity index (χ3v) is 2.15. The highest BCUT2D eigenvalue weighted by Crippen LogP contribution is 2.12. The number of carbonyl (C=O) groups is 1. The van der Waals surface area contributed by atoms with Crippen molar-refractivity contribution in [3.63, 3.8) is 0 Å². The van der Waals surface area contributed by atoms with E-state index in [0.29, 0.717) is 18.0 Å². The lowest BCUT2D eigenvalue weighted by Gasteiger charge is -2.12.